The van der Waals surface area contributed by atoms with Crippen molar-refractivity contribution in [2.75, 3.05) is 7.11 Å². The standard InChI is InChI=1S/C17H14ClNO3S/c1-8-15(21-2)13-12(18)6-5-10(17(13)23-8)16-11(7-19-22-16)14(20)9-3-4-9/h5-7,9H,3-4H2,1-2H3. The highest BCUT2D eigenvalue weighted by molar-refractivity contribution is 7.20. The highest BCUT2D eigenvalue weighted by Gasteiger charge is 2.34. The Balaban J connectivity index is 1.95. The highest BCUT2D eigenvalue weighted by Crippen LogP contribution is 2.46. The summed E-state index contributed by atoms with van der Waals surface area (Å²) in [6, 6.07) is 3.69. The van der Waals surface area contributed by atoms with Gasteiger partial charge in [0.2, 0.25) is 0 Å². The number of hydrogen-bond donors (Lipinski definition) is 0. The van der Waals surface area contributed by atoms with Crippen molar-refractivity contribution in [2.24, 2.45) is 5.92 Å². The maximum Gasteiger partial charge on any atom is 0.179 e. The molecule has 2 heterocycles. The number of carbonyl (C=O) groups excluding carboxylic acids is 1. The molecule has 1 saturated carbocycles. The zero-order chi connectivity index (χ0) is 16.1. The second-order valence-electron chi connectivity index (χ2n) is 5.70. The topological polar surface area (TPSA) is 52.3 Å². The molecule has 0 saturated heterocycles. The van der Waals surface area contributed by atoms with Crippen molar-refractivity contribution in [1.29, 1.82) is 0 Å². The molecule has 0 atom stereocenters. The Morgan fingerprint density at radius 3 is 2.91 bits per heavy atom. The van der Waals surface area contributed by atoms with Crippen LogP contribution in [0, 0.1) is 12.8 Å². The van der Waals surface area contributed by atoms with E-state index >= 15 is 0 Å². The van der Waals surface area contributed by atoms with Crippen LogP contribution in [0.3, 0.4) is 0 Å². The maximum atomic E-state index is 12.4. The third-order valence-electron chi connectivity index (χ3n) is 4.14. The number of nitrogens with zero attached hydrogens (tertiary/aromatic N) is 1. The fourth-order valence-corrected chi connectivity index (χ4v) is 4.31. The van der Waals surface area contributed by atoms with E-state index in [0.29, 0.717) is 16.3 Å². The second kappa shape index (κ2) is 5.35. The van der Waals surface area contributed by atoms with Crippen molar-refractivity contribution in [2.45, 2.75) is 19.8 Å². The monoisotopic (exact) mass is 347 g/mol. The van der Waals surface area contributed by atoms with Crippen molar-refractivity contribution in [3.63, 3.8) is 0 Å². The molecule has 6 heteroatoms. The lowest BCUT2D eigenvalue weighted by atomic mass is 10.0. The number of aromatic nitrogens is 1. The van der Waals surface area contributed by atoms with Crippen molar-refractivity contribution in [3.8, 4) is 17.1 Å². The van der Waals surface area contributed by atoms with Crippen LogP contribution in [0.1, 0.15) is 28.1 Å². The Morgan fingerprint density at radius 2 is 2.22 bits per heavy atom. The van der Waals surface area contributed by atoms with E-state index in [2.05, 4.69) is 5.16 Å². The molecule has 0 N–H and O–H groups in total. The highest BCUT2D eigenvalue weighted by atomic mass is 35.5. The van der Waals surface area contributed by atoms with Gasteiger partial charge in [-0.2, -0.15) is 0 Å². The molecule has 118 valence electrons. The van der Waals surface area contributed by atoms with Crippen molar-refractivity contribution in [3.05, 3.63) is 33.8 Å². The van der Waals surface area contributed by atoms with Crippen LogP contribution in [0.15, 0.2) is 22.9 Å². The van der Waals surface area contributed by atoms with Crippen LogP contribution in [-0.2, 0) is 0 Å². The van der Waals surface area contributed by atoms with E-state index in [0.717, 1.165) is 39.1 Å². The molecule has 4 nitrogen and oxygen atoms in total. The van der Waals surface area contributed by atoms with Crippen LogP contribution in [0.2, 0.25) is 5.02 Å². The summed E-state index contributed by atoms with van der Waals surface area (Å²) in [7, 11) is 1.63. The fraction of sp³-hybridized carbons (Fsp3) is 0.294. The average Bonchev–Trinajstić information content (AvgIpc) is 3.17. The largest absolute Gasteiger partial charge is 0.495 e. The second-order valence-corrected chi connectivity index (χ2v) is 7.33. The summed E-state index contributed by atoms with van der Waals surface area (Å²) in [4.78, 5) is 13.5. The molecule has 3 aromatic rings. The van der Waals surface area contributed by atoms with E-state index in [9.17, 15) is 4.79 Å². The SMILES string of the molecule is COc1c(C)sc2c(-c3oncc3C(=O)C3CC3)ccc(Cl)c12. The van der Waals surface area contributed by atoms with Crippen molar-refractivity contribution in [1.82, 2.24) is 5.16 Å². The summed E-state index contributed by atoms with van der Waals surface area (Å²) < 4.78 is 11.9. The minimum Gasteiger partial charge on any atom is -0.495 e. The first-order valence-corrected chi connectivity index (χ1v) is 8.56. The van der Waals surface area contributed by atoms with Gasteiger partial charge in [-0.15, -0.1) is 11.3 Å². The molecule has 0 aliphatic heterocycles. The summed E-state index contributed by atoms with van der Waals surface area (Å²) in [5.41, 5.74) is 1.39. The summed E-state index contributed by atoms with van der Waals surface area (Å²) in [5.74, 6) is 1.53. The van der Waals surface area contributed by atoms with Gasteiger partial charge in [0.05, 0.1) is 34.0 Å². The molecule has 0 amide bonds. The number of methoxy groups -OCH3 is 1. The normalized spacial score (nSPS) is 14.4. The van der Waals surface area contributed by atoms with Gasteiger partial charge in [-0.3, -0.25) is 4.79 Å². The predicted octanol–water partition coefficient (Wildman–Crippen LogP) is 5.12. The lowest BCUT2D eigenvalue weighted by Gasteiger charge is -2.05. The van der Waals surface area contributed by atoms with E-state index in [-0.39, 0.29) is 11.7 Å². The van der Waals surface area contributed by atoms with Crippen LogP contribution in [0.5, 0.6) is 5.75 Å². The maximum absolute atomic E-state index is 12.4. The number of Topliss-reactive ketones (excluding diaryl/α,β-unsaturated/α-hetero) is 1. The first-order chi connectivity index (χ1) is 11.1. The predicted molar refractivity (Wildman–Crippen MR) is 90.7 cm³/mol. The lowest BCUT2D eigenvalue weighted by Crippen LogP contribution is -2.01. The molecule has 0 spiro atoms. The molecular formula is C17H14ClNO3S. The lowest BCUT2D eigenvalue weighted by molar-refractivity contribution is 0.0968. The summed E-state index contributed by atoms with van der Waals surface area (Å²) in [6.45, 7) is 1.99. The summed E-state index contributed by atoms with van der Waals surface area (Å²) in [5, 5.41) is 5.33. The van der Waals surface area contributed by atoms with Gasteiger partial charge < -0.3 is 9.26 Å². The molecule has 1 aliphatic carbocycles. The number of halogens is 1. The van der Waals surface area contributed by atoms with Gasteiger partial charge in [0.15, 0.2) is 11.5 Å². The molecule has 4 rings (SSSR count). The van der Waals surface area contributed by atoms with Crippen LogP contribution in [0.4, 0.5) is 0 Å². The van der Waals surface area contributed by atoms with Crippen LogP contribution in [-0.4, -0.2) is 18.0 Å². The smallest absolute Gasteiger partial charge is 0.179 e. The van der Waals surface area contributed by atoms with Crippen LogP contribution < -0.4 is 4.74 Å². The number of hydrogen-bond acceptors (Lipinski definition) is 5. The van der Waals surface area contributed by atoms with Crippen molar-refractivity contribution < 1.29 is 14.1 Å². The van der Waals surface area contributed by atoms with Gasteiger partial charge in [-0.25, -0.2) is 0 Å². The first-order valence-electron chi connectivity index (χ1n) is 7.36. The number of ketones is 1. The molecule has 1 fully saturated rings. The summed E-state index contributed by atoms with van der Waals surface area (Å²) >= 11 is 7.94. The Labute approximate surface area is 142 Å². The zero-order valence-electron chi connectivity index (χ0n) is 12.7. The molecule has 2 aromatic heterocycles. The zero-order valence-corrected chi connectivity index (χ0v) is 14.3. The van der Waals surface area contributed by atoms with Gasteiger partial charge >= 0.3 is 0 Å². The van der Waals surface area contributed by atoms with E-state index in [4.69, 9.17) is 20.9 Å². The first kappa shape index (κ1) is 14.7. The number of benzene rings is 1. The summed E-state index contributed by atoms with van der Waals surface area (Å²) in [6.07, 6.45) is 3.42. The molecule has 23 heavy (non-hydrogen) atoms. The minimum absolute atomic E-state index is 0.115. The molecule has 0 unspecified atom stereocenters. The van der Waals surface area contributed by atoms with Gasteiger partial charge in [0, 0.05) is 16.4 Å². The van der Waals surface area contributed by atoms with E-state index < -0.39 is 0 Å². The number of rotatable bonds is 4. The fourth-order valence-electron chi connectivity index (χ4n) is 2.85. The Hall–Kier alpha value is -1.85. The van der Waals surface area contributed by atoms with E-state index in [1.54, 1.807) is 18.4 Å². The van der Waals surface area contributed by atoms with E-state index in [1.165, 1.54) is 6.20 Å². The number of thiophene rings is 1. The van der Waals surface area contributed by atoms with Gasteiger partial charge in [-0.05, 0) is 31.9 Å². The quantitative estimate of drug-likeness (QED) is 0.615. The Bertz CT molecular complexity index is 923. The van der Waals surface area contributed by atoms with Crippen molar-refractivity contribution >= 4 is 38.8 Å². The Morgan fingerprint density at radius 1 is 1.43 bits per heavy atom. The Kier molecular flexibility index (Phi) is 3.43. The number of fused-ring (bicyclic) bond motifs is 1. The van der Waals surface area contributed by atoms with E-state index in [1.807, 2.05) is 19.1 Å². The molecule has 1 aromatic carbocycles. The molecule has 0 radical (unpaired) electrons. The van der Waals surface area contributed by atoms with Gasteiger partial charge in [-0.1, -0.05) is 16.8 Å². The number of aryl methyl sites for hydroxylation is 1. The molecule has 1 aliphatic rings. The van der Waals surface area contributed by atoms with Crippen LogP contribution in [0.25, 0.3) is 21.4 Å². The number of ether oxygens (including phenoxy) is 1. The van der Waals surface area contributed by atoms with Gasteiger partial charge in [0.25, 0.3) is 0 Å². The number of carbonyl (C=O) groups is 1. The third kappa shape index (κ3) is 2.26. The average molecular weight is 348 g/mol. The van der Waals surface area contributed by atoms with Gasteiger partial charge in [0.1, 0.15) is 5.75 Å². The third-order valence-corrected chi connectivity index (χ3v) is 5.58. The molecular weight excluding hydrogens is 334 g/mol. The van der Waals surface area contributed by atoms with Crippen LogP contribution >= 0.6 is 22.9 Å². The minimum atomic E-state index is 0.115. The molecule has 0 bridgehead atoms.